The third kappa shape index (κ3) is 3.43. The van der Waals surface area contributed by atoms with Gasteiger partial charge in [-0.1, -0.05) is 23.7 Å². The molecule has 1 unspecified atom stereocenters. The van der Waals surface area contributed by atoms with Crippen LogP contribution in [0.5, 0.6) is 0 Å². The topological polar surface area (TPSA) is 39.1 Å². The molecule has 1 aromatic heterocycles. The Balaban J connectivity index is 2.43. The lowest BCUT2D eigenvalue weighted by molar-refractivity contribution is 0.182. The second-order valence-electron chi connectivity index (χ2n) is 4.84. The Morgan fingerprint density at radius 1 is 1.48 bits per heavy atom. The van der Waals surface area contributed by atoms with Gasteiger partial charge in [-0.05, 0) is 25.6 Å². The molecule has 2 aromatic rings. The lowest BCUT2D eigenvalue weighted by atomic mass is 10.0. The number of methoxy groups -OCH3 is 1. The van der Waals surface area contributed by atoms with E-state index in [0.29, 0.717) is 23.7 Å². The molecule has 0 amide bonds. The van der Waals surface area contributed by atoms with Crippen molar-refractivity contribution in [1.82, 2.24) is 15.1 Å². The van der Waals surface area contributed by atoms with Crippen molar-refractivity contribution in [3.05, 3.63) is 52.1 Å². The van der Waals surface area contributed by atoms with Gasteiger partial charge in [0.1, 0.15) is 5.82 Å². The van der Waals surface area contributed by atoms with Crippen LogP contribution in [0.1, 0.15) is 22.9 Å². The van der Waals surface area contributed by atoms with Gasteiger partial charge in [0.2, 0.25) is 0 Å². The quantitative estimate of drug-likeness (QED) is 0.891. The molecule has 6 heteroatoms. The average Bonchev–Trinajstić information content (AvgIpc) is 2.81. The van der Waals surface area contributed by atoms with E-state index in [0.717, 1.165) is 11.3 Å². The van der Waals surface area contributed by atoms with Crippen molar-refractivity contribution in [2.24, 2.45) is 0 Å². The minimum atomic E-state index is -0.363. The fraction of sp³-hybridized carbons (Fsp3) is 0.400. The summed E-state index contributed by atoms with van der Waals surface area (Å²) in [6.07, 6.45) is 1.57. The minimum Gasteiger partial charge on any atom is -0.383 e. The predicted octanol–water partition coefficient (Wildman–Crippen LogP) is 2.94. The van der Waals surface area contributed by atoms with Gasteiger partial charge >= 0.3 is 0 Å². The van der Waals surface area contributed by atoms with E-state index >= 15 is 0 Å². The van der Waals surface area contributed by atoms with E-state index < -0.39 is 0 Å². The summed E-state index contributed by atoms with van der Waals surface area (Å²) in [5.74, 6) is -0.259. The Bertz CT molecular complexity index is 615. The highest BCUT2D eigenvalue weighted by Gasteiger charge is 2.23. The number of aryl methyl sites for hydroxylation is 1. The highest BCUT2D eigenvalue weighted by molar-refractivity contribution is 6.31. The lowest BCUT2D eigenvalue weighted by Gasteiger charge is -2.20. The van der Waals surface area contributed by atoms with E-state index in [1.807, 2.05) is 13.0 Å². The Morgan fingerprint density at radius 2 is 2.24 bits per heavy atom. The lowest BCUT2D eigenvalue weighted by Crippen LogP contribution is -2.24. The number of ether oxygens (including phenoxy) is 1. The molecule has 0 radical (unpaired) electrons. The first-order valence-electron chi connectivity index (χ1n) is 6.72. The Labute approximate surface area is 128 Å². The molecule has 0 aliphatic rings. The normalized spacial score (nSPS) is 12.6. The SMILES string of the molecule is CNC(c1ccc(C)cc1F)c1c(Cl)cnn1CCOC. The molecule has 0 bridgehead atoms. The van der Waals surface area contributed by atoms with Gasteiger partial charge in [-0.3, -0.25) is 4.68 Å². The van der Waals surface area contributed by atoms with Gasteiger partial charge in [-0.15, -0.1) is 0 Å². The Kier molecular flexibility index (Phi) is 5.33. The molecule has 0 fully saturated rings. The number of nitrogens with one attached hydrogen (secondary N) is 1. The van der Waals surface area contributed by atoms with Crippen LogP contribution in [0.15, 0.2) is 24.4 Å². The maximum atomic E-state index is 14.3. The molecule has 114 valence electrons. The molecule has 0 aliphatic heterocycles. The third-order valence-corrected chi connectivity index (χ3v) is 3.66. The fourth-order valence-electron chi connectivity index (χ4n) is 2.32. The van der Waals surface area contributed by atoms with Gasteiger partial charge in [0.25, 0.3) is 0 Å². The van der Waals surface area contributed by atoms with Gasteiger partial charge in [0, 0.05) is 12.7 Å². The molecule has 4 nitrogen and oxygen atoms in total. The van der Waals surface area contributed by atoms with E-state index in [9.17, 15) is 4.39 Å². The van der Waals surface area contributed by atoms with Crippen LogP contribution in [-0.2, 0) is 11.3 Å². The monoisotopic (exact) mass is 311 g/mol. The van der Waals surface area contributed by atoms with Crippen molar-refractivity contribution < 1.29 is 9.13 Å². The molecular weight excluding hydrogens is 293 g/mol. The van der Waals surface area contributed by atoms with Gasteiger partial charge in [0.15, 0.2) is 0 Å². The smallest absolute Gasteiger partial charge is 0.128 e. The van der Waals surface area contributed by atoms with E-state index in [1.165, 1.54) is 6.07 Å². The fourth-order valence-corrected chi connectivity index (χ4v) is 2.57. The molecule has 1 aromatic carbocycles. The first-order valence-corrected chi connectivity index (χ1v) is 7.09. The standard InChI is InChI=1S/C15H19ClFN3O/c1-10-4-5-11(13(17)8-10)14(18-2)15-12(16)9-19-20(15)6-7-21-3/h4-5,8-9,14,18H,6-7H2,1-3H3. The number of hydrogen-bond donors (Lipinski definition) is 1. The number of rotatable bonds is 6. The van der Waals surface area contributed by atoms with Gasteiger partial charge in [-0.2, -0.15) is 5.10 Å². The van der Waals surface area contributed by atoms with Gasteiger partial charge < -0.3 is 10.1 Å². The number of nitrogens with zero attached hydrogens (tertiary/aromatic N) is 2. The van der Waals surface area contributed by atoms with Gasteiger partial charge in [-0.25, -0.2) is 4.39 Å². The highest BCUT2D eigenvalue weighted by Crippen LogP contribution is 2.30. The summed E-state index contributed by atoms with van der Waals surface area (Å²) in [7, 11) is 3.40. The number of halogens is 2. The maximum absolute atomic E-state index is 14.3. The summed E-state index contributed by atoms with van der Waals surface area (Å²) in [5, 5.41) is 7.85. The summed E-state index contributed by atoms with van der Waals surface area (Å²) < 4.78 is 21.1. The van der Waals surface area contributed by atoms with Crippen molar-refractivity contribution in [2.75, 3.05) is 20.8 Å². The first-order chi connectivity index (χ1) is 10.1. The van der Waals surface area contributed by atoms with E-state index in [-0.39, 0.29) is 11.9 Å². The molecule has 0 aliphatic carbocycles. The van der Waals surface area contributed by atoms with Crippen molar-refractivity contribution in [1.29, 1.82) is 0 Å². The first kappa shape index (κ1) is 15.9. The Hall–Kier alpha value is -1.43. The molecule has 1 atom stereocenters. The average molecular weight is 312 g/mol. The largest absolute Gasteiger partial charge is 0.383 e. The summed E-state index contributed by atoms with van der Waals surface area (Å²) in [4.78, 5) is 0. The summed E-state index contributed by atoms with van der Waals surface area (Å²) in [6.45, 7) is 2.93. The van der Waals surface area contributed by atoms with E-state index in [2.05, 4.69) is 10.4 Å². The maximum Gasteiger partial charge on any atom is 0.128 e. The molecule has 2 rings (SSSR count). The molecule has 0 saturated carbocycles. The molecular formula is C15H19ClFN3O. The summed E-state index contributed by atoms with van der Waals surface area (Å²) in [6, 6.07) is 4.81. The van der Waals surface area contributed by atoms with Crippen LogP contribution in [0.2, 0.25) is 5.02 Å². The number of aromatic nitrogens is 2. The van der Waals surface area contributed by atoms with Crippen molar-refractivity contribution in [3.8, 4) is 0 Å². The number of hydrogen-bond acceptors (Lipinski definition) is 3. The molecule has 0 spiro atoms. The third-order valence-electron chi connectivity index (χ3n) is 3.37. The van der Waals surface area contributed by atoms with Crippen LogP contribution in [0.3, 0.4) is 0 Å². The Morgan fingerprint density at radius 3 is 2.86 bits per heavy atom. The van der Waals surface area contributed by atoms with Crippen molar-refractivity contribution >= 4 is 11.6 Å². The second kappa shape index (κ2) is 7.02. The van der Waals surface area contributed by atoms with Crippen LogP contribution in [0.25, 0.3) is 0 Å². The zero-order valence-corrected chi connectivity index (χ0v) is 13.1. The van der Waals surface area contributed by atoms with E-state index in [1.54, 1.807) is 31.1 Å². The van der Waals surface area contributed by atoms with E-state index in [4.69, 9.17) is 16.3 Å². The van der Waals surface area contributed by atoms with Crippen LogP contribution in [0.4, 0.5) is 4.39 Å². The van der Waals surface area contributed by atoms with Gasteiger partial charge in [0.05, 0.1) is 36.1 Å². The minimum absolute atomic E-state index is 0.259. The van der Waals surface area contributed by atoms with Crippen LogP contribution in [0, 0.1) is 12.7 Å². The van der Waals surface area contributed by atoms with Crippen molar-refractivity contribution in [2.45, 2.75) is 19.5 Å². The number of benzene rings is 1. The summed E-state index contributed by atoms with van der Waals surface area (Å²) >= 11 is 6.24. The van der Waals surface area contributed by atoms with Crippen LogP contribution < -0.4 is 5.32 Å². The molecule has 0 saturated heterocycles. The highest BCUT2D eigenvalue weighted by atomic mass is 35.5. The molecule has 21 heavy (non-hydrogen) atoms. The summed E-state index contributed by atoms with van der Waals surface area (Å²) in [5.41, 5.74) is 2.16. The second-order valence-corrected chi connectivity index (χ2v) is 5.25. The van der Waals surface area contributed by atoms with Crippen LogP contribution >= 0.6 is 11.6 Å². The molecule has 1 N–H and O–H groups in total. The predicted molar refractivity (Wildman–Crippen MR) is 81.2 cm³/mol. The van der Waals surface area contributed by atoms with Crippen molar-refractivity contribution in [3.63, 3.8) is 0 Å². The molecule has 1 heterocycles. The zero-order valence-electron chi connectivity index (χ0n) is 12.4. The zero-order chi connectivity index (χ0) is 15.4. The van der Waals surface area contributed by atoms with Crippen LogP contribution in [-0.4, -0.2) is 30.5 Å².